The smallest absolute Gasteiger partial charge is 0.240 e. The number of nitrogens with zero attached hydrogens (tertiary/aromatic N) is 1. The zero-order valence-corrected chi connectivity index (χ0v) is 15.0. The monoisotopic (exact) mass is 370 g/mol. The van der Waals surface area contributed by atoms with Crippen LogP contribution in [-0.4, -0.2) is 41.1 Å². The van der Waals surface area contributed by atoms with Crippen LogP contribution in [0.2, 0.25) is 0 Å². The first-order chi connectivity index (χ1) is 11.8. The Kier molecular flexibility index (Phi) is 6.10. The fourth-order valence-electron chi connectivity index (χ4n) is 2.43. The fraction of sp³-hybridized carbons (Fsp3) is 0.294. The van der Waals surface area contributed by atoms with Crippen LogP contribution in [0.3, 0.4) is 0 Å². The maximum absolute atomic E-state index is 13.3. The zero-order valence-electron chi connectivity index (χ0n) is 14.2. The number of likely N-dealkylation sites (N-methyl/N-ethyl adjacent to an activating group) is 1. The molecule has 0 amide bonds. The van der Waals surface area contributed by atoms with E-state index in [1.807, 2.05) is 37.2 Å². The van der Waals surface area contributed by atoms with Crippen LogP contribution in [0.15, 0.2) is 47.4 Å². The van der Waals surface area contributed by atoms with E-state index >= 15 is 0 Å². The Morgan fingerprint density at radius 2 is 1.80 bits per heavy atom. The van der Waals surface area contributed by atoms with E-state index in [9.17, 15) is 17.2 Å². The molecule has 0 bridgehead atoms. The lowest BCUT2D eigenvalue weighted by molar-refractivity contribution is 0.289. The van der Waals surface area contributed by atoms with Crippen molar-refractivity contribution in [1.29, 1.82) is 0 Å². The second-order valence-electron chi connectivity index (χ2n) is 5.65. The SMILES string of the molecule is COc1ccccc1[C@@H](CNS(=O)(=O)c1ccc(F)c(F)c1)N(C)C. The van der Waals surface area contributed by atoms with E-state index in [2.05, 4.69) is 4.72 Å². The molecule has 2 aromatic rings. The summed E-state index contributed by atoms with van der Waals surface area (Å²) in [6.07, 6.45) is 0. The van der Waals surface area contributed by atoms with Gasteiger partial charge < -0.3 is 9.64 Å². The number of methoxy groups -OCH3 is 1. The molecule has 0 spiro atoms. The summed E-state index contributed by atoms with van der Waals surface area (Å²) in [5.74, 6) is -1.68. The predicted molar refractivity (Wildman–Crippen MR) is 91.0 cm³/mol. The Balaban J connectivity index is 2.24. The van der Waals surface area contributed by atoms with Crippen molar-refractivity contribution in [2.45, 2.75) is 10.9 Å². The molecule has 0 unspecified atom stereocenters. The summed E-state index contributed by atoms with van der Waals surface area (Å²) in [4.78, 5) is 1.51. The second-order valence-corrected chi connectivity index (χ2v) is 7.42. The molecule has 25 heavy (non-hydrogen) atoms. The van der Waals surface area contributed by atoms with Gasteiger partial charge >= 0.3 is 0 Å². The van der Waals surface area contributed by atoms with Crippen molar-refractivity contribution in [3.63, 3.8) is 0 Å². The van der Waals surface area contributed by atoms with Crippen molar-refractivity contribution >= 4 is 10.0 Å². The highest BCUT2D eigenvalue weighted by Crippen LogP contribution is 2.27. The first-order valence-corrected chi connectivity index (χ1v) is 8.98. The minimum atomic E-state index is -3.98. The lowest BCUT2D eigenvalue weighted by Gasteiger charge is -2.26. The van der Waals surface area contributed by atoms with Gasteiger partial charge in [0.25, 0.3) is 0 Å². The number of ether oxygens (including phenoxy) is 1. The lowest BCUT2D eigenvalue weighted by Crippen LogP contribution is -2.34. The summed E-state index contributed by atoms with van der Waals surface area (Å²) in [5.41, 5.74) is 0.808. The van der Waals surface area contributed by atoms with Crippen molar-refractivity contribution in [2.75, 3.05) is 27.7 Å². The van der Waals surface area contributed by atoms with Gasteiger partial charge in [-0.2, -0.15) is 0 Å². The van der Waals surface area contributed by atoms with Gasteiger partial charge in [0.15, 0.2) is 11.6 Å². The molecule has 8 heteroatoms. The molecule has 0 aromatic heterocycles. The quantitative estimate of drug-likeness (QED) is 0.814. The topological polar surface area (TPSA) is 58.6 Å². The van der Waals surface area contributed by atoms with Crippen LogP contribution in [0.25, 0.3) is 0 Å². The number of hydrogen-bond donors (Lipinski definition) is 1. The Bertz CT molecular complexity index is 842. The van der Waals surface area contributed by atoms with Crippen LogP contribution < -0.4 is 9.46 Å². The maximum Gasteiger partial charge on any atom is 0.240 e. The zero-order chi connectivity index (χ0) is 18.6. The predicted octanol–water partition coefficient (Wildman–Crippen LogP) is 2.55. The third kappa shape index (κ3) is 4.53. The molecule has 0 saturated heterocycles. The summed E-state index contributed by atoms with van der Waals surface area (Å²) >= 11 is 0. The first kappa shape index (κ1) is 19.3. The lowest BCUT2D eigenvalue weighted by atomic mass is 10.1. The molecular formula is C17H20F2N2O3S. The van der Waals surface area contributed by atoms with Crippen molar-refractivity contribution in [3.05, 3.63) is 59.7 Å². The van der Waals surface area contributed by atoms with E-state index in [-0.39, 0.29) is 17.5 Å². The van der Waals surface area contributed by atoms with E-state index in [0.717, 1.165) is 17.7 Å². The van der Waals surface area contributed by atoms with Gasteiger partial charge in [0.1, 0.15) is 5.75 Å². The molecule has 1 atom stereocenters. The maximum atomic E-state index is 13.3. The van der Waals surface area contributed by atoms with Crippen LogP contribution in [-0.2, 0) is 10.0 Å². The Hall–Kier alpha value is -2.03. The van der Waals surface area contributed by atoms with Gasteiger partial charge in [0, 0.05) is 12.1 Å². The Labute approximate surface area is 146 Å². The molecular weight excluding hydrogens is 350 g/mol. The molecule has 0 aliphatic carbocycles. The van der Waals surface area contributed by atoms with E-state index in [4.69, 9.17) is 4.74 Å². The number of para-hydroxylation sites is 1. The number of hydrogen-bond acceptors (Lipinski definition) is 4. The second kappa shape index (κ2) is 7.90. The van der Waals surface area contributed by atoms with E-state index in [1.54, 1.807) is 6.07 Å². The molecule has 0 aliphatic heterocycles. The largest absolute Gasteiger partial charge is 0.496 e. The highest BCUT2D eigenvalue weighted by Gasteiger charge is 2.22. The fourth-order valence-corrected chi connectivity index (χ4v) is 3.48. The van der Waals surface area contributed by atoms with Crippen molar-refractivity contribution in [2.24, 2.45) is 0 Å². The van der Waals surface area contributed by atoms with Gasteiger partial charge in [-0.1, -0.05) is 18.2 Å². The summed E-state index contributed by atoms with van der Waals surface area (Å²) in [7, 11) is 1.18. The molecule has 0 fully saturated rings. The molecule has 1 N–H and O–H groups in total. The third-order valence-electron chi connectivity index (χ3n) is 3.79. The van der Waals surface area contributed by atoms with E-state index in [1.165, 1.54) is 7.11 Å². The van der Waals surface area contributed by atoms with Crippen molar-refractivity contribution in [3.8, 4) is 5.75 Å². The summed E-state index contributed by atoms with van der Waals surface area (Å²) in [5, 5.41) is 0. The molecule has 2 aromatic carbocycles. The molecule has 5 nitrogen and oxygen atoms in total. The van der Waals surface area contributed by atoms with Crippen molar-refractivity contribution in [1.82, 2.24) is 9.62 Å². The molecule has 0 heterocycles. The minimum Gasteiger partial charge on any atom is -0.496 e. The number of nitrogens with one attached hydrogen (secondary N) is 1. The number of benzene rings is 2. The first-order valence-electron chi connectivity index (χ1n) is 7.50. The molecule has 0 radical (unpaired) electrons. The number of rotatable bonds is 7. The average Bonchev–Trinajstić information content (AvgIpc) is 2.57. The molecule has 2 rings (SSSR count). The van der Waals surface area contributed by atoms with Gasteiger partial charge in [-0.15, -0.1) is 0 Å². The average molecular weight is 370 g/mol. The van der Waals surface area contributed by atoms with Gasteiger partial charge in [-0.05, 0) is 38.4 Å². The van der Waals surface area contributed by atoms with Crippen LogP contribution >= 0.6 is 0 Å². The standard InChI is InChI=1S/C17H20F2N2O3S/c1-21(2)16(13-6-4-5-7-17(13)24-3)11-20-25(22,23)12-8-9-14(18)15(19)10-12/h4-10,16,20H,11H2,1-3H3/t16-/m1/s1. The Morgan fingerprint density at radius 3 is 2.40 bits per heavy atom. The highest BCUT2D eigenvalue weighted by atomic mass is 32.2. The summed E-state index contributed by atoms with van der Waals surface area (Å²) < 4.78 is 58.8. The molecule has 0 saturated carbocycles. The van der Waals surface area contributed by atoms with Gasteiger partial charge in [-0.3, -0.25) is 0 Å². The number of sulfonamides is 1. The summed E-state index contributed by atoms with van der Waals surface area (Å²) in [6.45, 7) is 0.0364. The van der Waals surface area contributed by atoms with Gasteiger partial charge in [-0.25, -0.2) is 21.9 Å². The summed E-state index contributed by atoms with van der Waals surface area (Å²) in [6, 6.07) is 9.44. The van der Waals surface area contributed by atoms with Gasteiger partial charge in [0.2, 0.25) is 10.0 Å². The molecule has 136 valence electrons. The molecule has 0 aliphatic rings. The van der Waals surface area contributed by atoms with Gasteiger partial charge in [0.05, 0.1) is 18.0 Å². The minimum absolute atomic E-state index is 0.0364. The van der Waals surface area contributed by atoms with E-state index < -0.39 is 21.7 Å². The third-order valence-corrected chi connectivity index (χ3v) is 5.21. The number of halogens is 2. The van der Waals surface area contributed by atoms with Crippen LogP contribution in [0.1, 0.15) is 11.6 Å². The van der Waals surface area contributed by atoms with E-state index in [0.29, 0.717) is 11.8 Å². The van der Waals surface area contributed by atoms with Crippen molar-refractivity contribution < 1.29 is 21.9 Å². The highest BCUT2D eigenvalue weighted by molar-refractivity contribution is 7.89. The normalized spacial score (nSPS) is 13.0. The Morgan fingerprint density at radius 1 is 1.12 bits per heavy atom. The van der Waals surface area contributed by atoms with Crippen LogP contribution in [0, 0.1) is 11.6 Å². The van der Waals surface area contributed by atoms with Crippen LogP contribution in [0.5, 0.6) is 5.75 Å². The van der Waals surface area contributed by atoms with Crippen LogP contribution in [0.4, 0.5) is 8.78 Å².